The molecule has 0 unspecified atom stereocenters. The number of anilines is 1. The lowest BCUT2D eigenvalue weighted by Crippen LogP contribution is -2.36. The Kier molecular flexibility index (Phi) is 5.59. The average molecular weight is 380 g/mol. The van der Waals surface area contributed by atoms with E-state index in [4.69, 9.17) is 10.5 Å². The fraction of sp³-hybridized carbons (Fsp3) is 0.455. The van der Waals surface area contributed by atoms with E-state index in [1.54, 1.807) is 0 Å². The second kappa shape index (κ2) is 8.29. The smallest absolute Gasteiger partial charge is 0.250 e. The molecule has 0 radical (unpaired) electrons. The minimum atomic E-state index is -0.416. The molecule has 6 nitrogen and oxygen atoms in total. The van der Waals surface area contributed by atoms with Gasteiger partial charge < -0.3 is 15.4 Å². The summed E-state index contributed by atoms with van der Waals surface area (Å²) in [5.74, 6) is -0.416. The molecule has 1 aromatic carbocycles. The van der Waals surface area contributed by atoms with Crippen molar-refractivity contribution in [1.29, 1.82) is 0 Å². The highest BCUT2D eigenvalue weighted by Crippen LogP contribution is 2.33. The zero-order chi connectivity index (χ0) is 19.5. The van der Waals surface area contributed by atoms with Crippen LogP contribution in [0.5, 0.6) is 0 Å². The third-order valence-electron chi connectivity index (χ3n) is 5.78. The van der Waals surface area contributed by atoms with Crippen LogP contribution in [0.2, 0.25) is 0 Å². The Bertz CT molecular complexity index is 831. The summed E-state index contributed by atoms with van der Waals surface area (Å²) in [6.07, 6.45) is 2.25. The number of primary amides is 1. The van der Waals surface area contributed by atoms with E-state index in [1.165, 1.54) is 11.3 Å². The van der Waals surface area contributed by atoms with Crippen LogP contribution in [0.1, 0.15) is 46.2 Å². The van der Waals surface area contributed by atoms with Crippen molar-refractivity contribution in [3.05, 3.63) is 58.9 Å². The molecule has 148 valence electrons. The van der Waals surface area contributed by atoms with Gasteiger partial charge in [0.25, 0.3) is 5.91 Å². The lowest BCUT2D eigenvalue weighted by atomic mass is 10.1. The molecule has 2 aliphatic heterocycles. The van der Waals surface area contributed by atoms with Crippen LogP contribution in [0.25, 0.3) is 0 Å². The largest absolute Gasteiger partial charge is 0.378 e. The Morgan fingerprint density at radius 3 is 2.57 bits per heavy atom. The average Bonchev–Trinajstić information content (AvgIpc) is 3.17. The summed E-state index contributed by atoms with van der Waals surface area (Å²) in [5.41, 5.74) is 10.2. The zero-order valence-corrected chi connectivity index (χ0v) is 16.4. The highest BCUT2D eigenvalue weighted by molar-refractivity contribution is 5.93. The maximum absolute atomic E-state index is 11.5. The number of amides is 1. The highest BCUT2D eigenvalue weighted by Gasteiger charge is 2.27. The van der Waals surface area contributed by atoms with Crippen molar-refractivity contribution in [1.82, 2.24) is 9.88 Å². The fourth-order valence-electron chi connectivity index (χ4n) is 4.25. The van der Waals surface area contributed by atoms with Crippen LogP contribution in [0, 0.1) is 6.92 Å². The molecule has 2 aromatic rings. The topological polar surface area (TPSA) is 71.7 Å². The SMILES string of the molecule is Cc1nc([C@@H]2CCCN2Cc2ccc(N3CCOCC3)cc2)ccc1C(N)=O. The maximum Gasteiger partial charge on any atom is 0.250 e. The number of aryl methyl sites for hydroxylation is 1. The molecule has 1 atom stereocenters. The predicted octanol–water partition coefficient (Wildman–Crippen LogP) is 2.66. The molecule has 4 rings (SSSR count). The van der Waals surface area contributed by atoms with Gasteiger partial charge in [-0.05, 0) is 56.1 Å². The molecule has 2 aliphatic rings. The Balaban J connectivity index is 1.45. The van der Waals surface area contributed by atoms with Gasteiger partial charge in [0.15, 0.2) is 0 Å². The summed E-state index contributed by atoms with van der Waals surface area (Å²) < 4.78 is 5.44. The van der Waals surface area contributed by atoms with E-state index in [0.29, 0.717) is 17.3 Å². The number of pyridine rings is 1. The van der Waals surface area contributed by atoms with Crippen LogP contribution in [-0.2, 0) is 11.3 Å². The summed E-state index contributed by atoms with van der Waals surface area (Å²) in [6, 6.07) is 13.0. The first-order chi connectivity index (χ1) is 13.6. The molecule has 3 heterocycles. The normalized spacial score (nSPS) is 20.5. The van der Waals surface area contributed by atoms with Crippen molar-refractivity contribution in [2.24, 2.45) is 5.73 Å². The highest BCUT2D eigenvalue weighted by atomic mass is 16.5. The van der Waals surface area contributed by atoms with Crippen LogP contribution >= 0.6 is 0 Å². The number of likely N-dealkylation sites (tertiary alicyclic amines) is 1. The number of carbonyl (C=O) groups excluding carboxylic acids is 1. The van der Waals surface area contributed by atoms with Crippen LogP contribution in [0.3, 0.4) is 0 Å². The lowest BCUT2D eigenvalue weighted by Gasteiger charge is -2.29. The van der Waals surface area contributed by atoms with Gasteiger partial charge in [-0.25, -0.2) is 0 Å². The van der Waals surface area contributed by atoms with Crippen LogP contribution < -0.4 is 10.6 Å². The van der Waals surface area contributed by atoms with Crippen LogP contribution in [0.4, 0.5) is 5.69 Å². The molecule has 6 heteroatoms. The molecule has 2 N–H and O–H groups in total. The molecular weight excluding hydrogens is 352 g/mol. The van der Waals surface area contributed by atoms with Gasteiger partial charge in [-0.1, -0.05) is 12.1 Å². The van der Waals surface area contributed by atoms with E-state index < -0.39 is 5.91 Å². The van der Waals surface area contributed by atoms with Crippen molar-refractivity contribution in [2.75, 3.05) is 37.7 Å². The van der Waals surface area contributed by atoms with Crippen molar-refractivity contribution in [3.63, 3.8) is 0 Å². The van der Waals surface area contributed by atoms with Gasteiger partial charge in [0, 0.05) is 25.3 Å². The Morgan fingerprint density at radius 1 is 1.14 bits per heavy atom. The first kappa shape index (κ1) is 18.9. The van der Waals surface area contributed by atoms with Gasteiger partial charge in [-0.15, -0.1) is 0 Å². The first-order valence-corrected chi connectivity index (χ1v) is 10.0. The number of nitrogens with two attached hydrogens (primary N) is 1. The standard InChI is InChI=1S/C22H28N4O2/c1-16-19(22(23)27)8-9-20(24-16)21-3-2-10-26(21)15-17-4-6-18(7-5-17)25-11-13-28-14-12-25/h4-9,21H,2-3,10-15H2,1H3,(H2,23,27)/t21-/m0/s1. The van der Waals surface area contributed by atoms with Crippen LogP contribution in [0.15, 0.2) is 36.4 Å². The van der Waals surface area contributed by atoms with E-state index in [9.17, 15) is 4.79 Å². The zero-order valence-electron chi connectivity index (χ0n) is 16.4. The predicted molar refractivity (Wildman–Crippen MR) is 109 cm³/mol. The molecule has 2 fully saturated rings. The minimum Gasteiger partial charge on any atom is -0.378 e. The molecule has 2 saturated heterocycles. The van der Waals surface area contributed by atoms with Crippen molar-refractivity contribution in [2.45, 2.75) is 32.4 Å². The number of hydrogen-bond donors (Lipinski definition) is 1. The number of benzene rings is 1. The second-order valence-electron chi connectivity index (χ2n) is 7.63. The monoisotopic (exact) mass is 380 g/mol. The Hall–Kier alpha value is -2.44. The molecule has 0 saturated carbocycles. The fourth-order valence-corrected chi connectivity index (χ4v) is 4.25. The van der Waals surface area contributed by atoms with E-state index in [0.717, 1.165) is 57.9 Å². The molecule has 0 bridgehead atoms. The summed E-state index contributed by atoms with van der Waals surface area (Å²) in [7, 11) is 0. The second-order valence-corrected chi connectivity index (χ2v) is 7.63. The van der Waals surface area contributed by atoms with E-state index in [2.05, 4.69) is 39.0 Å². The molecule has 0 aliphatic carbocycles. The number of carbonyl (C=O) groups is 1. The Morgan fingerprint density at radius 2 is 1.89 bits per heavy atom. The quantitative estimate of drug-likeness (QED) is 0.863. The molecule has 28 heavy (non-hydrogen) atoms. The third kappa shape index (κ3) is 4.03. The molecule has 0 spiro atoms. The summed E-state index contributed by atoms with van der Waals surface area (Å²) in [6.45, 7) is 7.35. The maximum atomic E-state index is 11.5. The van der Waals surface area contributed by atoms with E-state index in [-0.39, 0.29) is 0 Å². The van der Waals surface area contributed by atoms with Crippen molar-refractivity contribution in [3.8, 4) is 0 Å². The van der Waals surface area contributed by atoms with Gasteiger partial charge in [-0.3, -0.25) is 14.7 Å². The molecule has 1 amide bonds. The third-order valence-corrected chi connectivity index (χ3v) is 5.78. The van der Waals surface area contributed by atoms with Crippen molar-refractivity contribution >= 4 is 11.6 Å². The number of rotatable bonds is 5. The number of ether oxygens (including phenoxy) is 1. The van der Waals surface area contributed by atoms with Gasteiger partial charge in [-0.2, -0.15) is 0 Å². The van der Waals surface area contributed by atoms with Crippen molar-refractivity contribution < 1.29 is 9.53 Å². The minimum absolute atomic E-state index is 0.291. The van der Waals surface area contributed by atoms with E-state index >= 15 is 0 Å². The summed E-state index contributed by atoms with van der Waals surface area (Å²) >= 11 is 0. The molecular formula is C22H28N4O2. The van der Waals surface area contributed by atoms with Gasteiger partial charge >= 0.3 is 0 Å². The van der Waals surface area contributed by atoms with Gasteiger partial charge in [0.1, 0.15) is 0 Å². The first-order valence-electron chi connectivity index (χ1n) is 10.0. The number of hydrogen-bond acceptors (Lipinski definition) is 5. The number of aromatic nitrogens is 1. The lowest BCUT2D eigenvalue weighted by molar-refractivity contribution is 0.0999. The Labute approximate surface area is 166 Å². The number of morpholine rings is 1. The summed E-state index contributed by atoms with van der Waals surface area (Å²) in [5, 5.41) is 0. The summed E-state index contributed by atoms with van der Waals surface area (Å²) in [4.78, 5) is 21.0. The van der Waals surface area contributed by atoms with Gasteiger partial charge in [0.05, 0.1) is 36.2 Å². The number of nitrogens with zero attached hydrogens (tertiary/aromatic N) is 3. The van der Waals surface area contributed by atoms with Crippen LogP contribution in [-0.4, -0.2) is 48.6 Å². The van der Waals surface area contributed by atoms with E-state index in [1.807, 2.05) is 19.1 Å². The molecule has 1 aromatic heterocycles. The van der Waals surface area contributed by atoms with Gasteiger partial charge in [0.2, 0.25) is 0 Å².